The molecular formula is C16H19N3O2. The van der Waals surface area contributed by atoms with Crippen molar-refractivity contribution in [3.8, 4) is 5.75 Å². The number of benzene rings is 1. The lowest BCUT2D eigenvalue weighted by molar-refractivity contribution is 0.102. The van der Waals surface area contributed by atoms with Crippen molar-refractivity contribution in [2.24, 2.45) is 0 Å². The summed E-state index contributed by atoms with van der Waals surface area (Å²) < 4.78 is 7.02. The number of carbonyl (C=O) groups excluding carboxylic acids is 1. The Hall–Kier alpha value is -2.14. The monoisotopic (exact) mass is 285 g/mol. The Labute approximate surface area is 123 Å². The minimum Gasteiger partial charge on any atom is -0.493 e. The smallest absolute Gasteiger partial charge is 0.214 e. The summed E-state index contributed by atoms with van der Waals surface area (Å²) in [5.41, 5.74) is 3.68. The van der Waals surface area contributed by atoms with Crippen LogP contribution in [0, 0.1) is 0 Å². The number of hydrogen-bond donors (Lipinski definition) is 1. The molecule has 0 unspecified atom stereocenters. The number of fused-ring (bicyclic) bond motifs is 1. The molecule has 21 heavy (non-hydrogen) atoms. The lowest BCUT2D eigenvalue weighted by atomic mass is 10.0. The van der Waals surface area contributed by atoms with Gasteiger partial charge < -0.3 is 10.1 Å². The highest BCUT2D eigenvalue weighted by molar-refractivity contribution is 6.09. The Morgan fingerprint density at radius 3 is 2.95 bits per heavy atom. The fraction of sp³-hybridized carbons (Fsp3) is 0.375. The van der Waals surface area contributed by atoms with E-state index in [-0.39, 0.29) is 5.78 Å². The summed E-state index contributed by atoms with van der Waals surface area (Å²) in [5.74, 6) is 0.500. The molecule has 1 aliphatic rings. The van der Waals surface area contributed by atoms with E-state index in [2.05, 4.69) is 17.3 Å². The maximum absolute atomic E-state index is 12.8. The Bertz CT molecular complexity index is 676. The number of hydrogen-bond acceptors (Lipinski definition) is 4. The summed E-state index contributed by atoms with van der Waals surface area (Å²) in [7, 11) is 1.57. The molecular weight excluding hydrogens is 266 g/mol. The number of ether oxygens (including phenoxy) is 1. The van der Waals surface area contributed by atoms with Crippen LogP contribution >= 0.6 is 0 Å². The molecule has 0 amide bonds. The molecule has 3 rings (SSSR count). The van der Waals surface area contributed by atoms with Crippen LogP contribution in [0.15, 0.2) is 24.4 Å². The quantitative estimate of drug-likeness (QED) is 0.855. The zero-order valence-corrected chi connectivity index (χ0v) is 12.3. The molecule has 1 aromatic heterocycles. The van der Waals surface area contributed by atoms with E-state index in [9.17, 15) is 4.79 Å². The van der Waals surface area contributed by atoms with Gasteiger partial charge in [0.1, 0.15) is 0 Å². The van der Waals surface area contributed by atoms with Gasteiger partial charge in [-0.2, -0.15) is 5.10 Å². The molecule has 1 N–H and O–H groups in total. The second-order valence-corrected chi connectivity index (χ2v) is 5.20. The van der Waals surface area contributed by atoms with Crippen molar-refractivity contribution in [1.82, 2.24) is 15.1 Å². The maximum Gasteiger partial charge on any atom is 0.214 e. The predicted octanol–water partition coefficient (Wildman–Crippen LogP) is 2.14. The topological polar surface area (TPSA) is 56.2 Å². The molecule has 0 bridgehead atoms. The summed E-state index contributed by atoms with van der Waals surface area (Å²) in [6.45, 7) is 4.46. The number of carbonyl (C=O) groups is 1. The van der Waals surface area contributed by atoms with Crippen molar-refractivity contribution in [3.05, 3.63) is 46.8 Å². The predicted molar refractivity (Wildman–Crippen MR) is 79.5 cm³/mol. The van der Waals surface area contributed by atoms with Crippen molar-refractivity contribution >= 4 is 5.78 Å². The first kappa shape index (κ1) is 13.8. The number of nitrogens with zero attached hydrogens (tertiary/aromatic N) is 2. The molecule has 0 radical (unpaired) electrons. The largest absolute Gasteiger partial charge is 0.493 e. The van der Waals surface area contributed by atoms with Crippen LogP contribution in [0.25, 0.3) is 0 Å². The van der Waals surface area contributed by atoms with Crippen molar-refractivity contribution in [1.29, 1.82) is 0 Å². The van der Waals surface area contributed by atoms with Crippen LogP contribution in [0.2, 0.25) is 0 Å². The number of rotatable bonds is 5. The van der Waals surface area contributed by atoms with Crippen LogP contribution in [-0.2, 0) is 19.6 Å². The van der Waals surface area contributed by atoms with Gasteiger partial charge >= 0.3 is 0 Å². The Balaban J connectivity index is 2.00. The van der Waals surface area contributed by atoms with Crippen molar-refractivity contribution in [2.45, 2.75) is 33.0 Å². The molecule has 0 atom stereocenters. The number of nitrogens with one attached hydrogen (secondary N) is 1. The third-order valence-electron chi connectivity index (χ3n) is 3.78. The lowest BCUT2D eigenvalue weighted by Crippen LogP contribution is -2.13. The molecule has 5 heteroatoms. The molecule has 1 aromatic carbocycles. The van der Waals surface area contributed by atoms with Gasteiger partial charge in [0.15, 0.2) is 11.4 Å². The van der Waals surface area contributed by atoms with Crippen LogP contribution in [0.5, 0.6) is 5.75 Å². The molecule has 1 aliphatic heterocycles. The van der Waals surface area contributed by atoms with E-state index in [0.717, 1.165) is 19.5 Å². The van der Waals surface area contributed by atoms with Crippen LogP contribution in [0.3, 0.4) is 0 Å². The molecule has 0 aliphatic carbocycles. The third kappa shape index (κ3) is 2.45. The van der Waals surface area contributed by atoms with E-state index >= 15 is 0 Å². The summed E-state index contributed by atoms with van der Waals surface area (Å²) in [5, 5.41) is 7.54. The second kappa shape index (κ2) is 5.69. The molecule has 2 heterocycles. The van der Waals surface area contributed by atoms with Gasteiger partial charge in [0, 0.05) is 25.2 Å². The molecule has 2 aromatic rings. The molecule has 0 spiro atoms. The van der Waals surface area contributed by atoms with Gasteiger partial charge in [0.25, 0.3) is 0 Å². The van der Waals surface area contributed by atoms with E-state index in [0.29, 0.717) is 23.6 Å². The van der Waals surface area contributed by atoms with Gasteiger partial charge in [0.05, 0.1) is 13.3 Å². The Morgan fingerprint density at radius 2 is 2.19 bits per heavy atom. The highest BCUT2D eigenvalue weighted by atomic mass is 16.5. The second-order valence-electron chi connectivity index (χ2n) is 5.20. The fourth-order valence-electron chi connectivity index (χ4n) is 2.70. The van der Waals surface area contributed by atoms with Crippen molar-refractivity contribution in [2.75, 3.05) is 7.11 Å². The Morgan fingerprint density at radius 1 is 1.38 bits per heavy atom. The zero-order chi connectivity index (χ0) is 14.8. The number of aromatic nitrogens is 2. The standard InChI is InChI=1S/C16H19N3O2/c1-3-6-19-15(14(21-2)10-18-19)16(20)11-4-5-12-8-17-9-13(12)7-11/h4-5,7,10,17H,3,6,8-9H2,1-2H3. The number of ketones is 1. The van der Waals surface area contributed by atoms with E-state index in [4.69, 9.17) is 4.74 Å². The summed E-state index contributed by atoms with van der Waals surface area (Å²) in [6.07, 6.45) is 2.52. The number of aryl methyl sites for hydroxylation is 1. The summed E-state index contributed by atoms with van der Waals surface area (Å²) in [4.78, 5) is 12.8. The highest BCUT2D eigenvalue weighted by Gasteiger charge is 2.22. The van der Waals surface area contributed by atoms with Crippen molar-refractivity contribution < 1.29 is 9.53 Å². The summed E-state index contributed by atoms with van der Waals surface area (Å²) >= 11 is 0. The van der Waals surface area contributed by atoms with E-state index in [1.54, 1.807) is 18.0 Å². The van der Waals surface area contributed by atoms with E-state index in [1.165, 1.54) is 11.1 Å². The molecule has 0 saturated heterocycles. The summed E-state index contributed by atoms with van der Waals surface area (Å²) in [6, 6.07) is 5.88. The van der Waals surface area contributed by atoms with Gasteiger partial charge in [-0.25, -0.2) is 0 Å². The van der Waals surface area contributed by atoms with Crippen molar-refractivity contribution in [3.63, 3.8) is 0 Å². The van der Waals surface area contributed by atoms with Gasteiger partial charge in [-0.05, 0) is 23.6 Å². The third-order valence-corrected chi connectivity index (χ3v) is 3.78. The van der Waals surface area contributed by atoms with Crippen LogP contribution in [0.1, 0.15) is 40.5 Å². The zero-order valence-electron chi connectivity index (χ0n) is 12.3. The van der Waals surface area contributed by atoms with Gasteiger partial charge in [0.2, 0.25) is 5.78 Å². The minimum atomic E-state index is -0.0347. The van der Waals surface area contributed by atoms with Gasteiger partial charge in [-0.1, -0.05) is 19.1 Å². The SMILES string of the molecule is CCCn1ncc(OC)c1C(=O)c1ccc2c(c1)CNC2. The fourth-order valence-corrected chi connectivity index (χ4v) is 2.70. The average molecular weight is 285 g/mol. The Kier molecular flexibility index (Phi) is 3.75. The van der Waals surface area contributed by atoms with Gasteiger partial charge in [-0.15, -0.1) is 0 Å². The molecule has 5 nitrogen and oxygen atoms in total. The molecule has 110 valence electrons. The van der Waals surface area contributed by atoms with E-state index < -0.39 is 0 Å². The minimum absolute atomic E-state index is 0.0347. The first-order chi connectivity index (χ1) is 10.2. The molecule has 0 saturated carbocycles. The van der Waals surface area contributed by atoms with Gasteiger partial charge in [-0.3, -0.25) is 9.48 Å². The highest BCUT2D eigenvalue weighted by Crippen LogP contribution is 2.24. The van der Waals surface area contributed by atoms with Crippen LogP contribution in [-0.4, -0.2) is 22.7 Å². The number of methoxy groups -OCH3 is 1. The van der Waals surface area contributed by atoms with E-state index in [1.807, 2.05) is 18.2 Å². The first-order valence-electron chi connectivity index (χ1n) is 7.21. The average Bonchev–Trinajstić information content (AvgIpc) is 3.12. The molecule has 0 fully saturated rings. The normalized spacial score (nSPS) is 13.2. The van der Waals surface area contributed by atoms with Crippen LogP contribution < -0.4 is 10.1 Å². The lowest BCUT2D eigenvalue weighted by Gasteiger charge is -2.08. The first-order valence-corrected chi connectivity index (χ1v) is 7.21. The van der Waals surface area contributed by atoms with Crippen LogP contribution in [0.4, 0.5) is 0 Å². The maximum atomic E-state index is 12.8.